The van der Waals surface area contributed by atoms with E-state index in [2.05, 4.69) is 20.9 Å². The summed E-state index contributed by atoms with van der Waals surface area (Å²) in [7, 11) is 1.60. The van der Waals surface area contributed by atoms with Crippen LogP contribution in [-0.2, 0) is 6.54 Å². The molecule has 0 unspecified atom stereocenters. The van der Waals surface area contributed by atoms with Gasteiger partial charge in [-0.1, -0.05) is 15.9 Å². The quantitative estimate of drug-likeness (QED) is 0.939. The number of hydrogen-bond acceptors (Lipinski definition) is 3. The van der Waals surface area contributed by atoms with Crippen molar-refractivity contribution >= 4 is 21.9 Å². The van der Waals surface area contributed by atoms with Gasteiger partial charge in [0.25, 0.3) is 0 Å². The molecule has 0 aliphatic rings. The van der Waals surface area contributed by atoms with E-state index in [0.29, 0.717) is 12.4 Å². The van der Waals surface area contributed by atoms with E-state index >= 15 is 0 Å². The van der Waals surface area contributed by atoms with Gasteiger partial charge in [0.15, 0.2) is 0 Å². The van der Waals surface area contributed by atoms with E-state index in [1.165, 1.54) is 6.20 Å². The molecular formula is C13H13BrN2O3. The highest BCUT2D eigenvalue weighted by atomic mass is 79.9. The lowest BCUT2D eigenvalue weighted by Gasteiger charge is -2.11. The van der Waals surface area contributed by atoms with Crippen LogP contribution in [0.25, 0.3) is 0 Å². The summed E-state index contributed by atoms with van der Waals surface area (Å²) in [4.78, 5) is 15.2. The molecule has 0 bridgehead atoms. The first-order valence-electron chi connectivity index (χ1n) is 5.60. The maximum absolute atomic E-state index is 11.1. The summed E-state index contributed by atoms with van der Waals surface area (Å²) in [5.74, 6) is 0.402. The minimum Gasteiger partial charge on any atom is -0.497 e. The number of aromatic nitrogens is 2. The number of methoxy groups -OCH3 is 1. The van der Waals surface area contributed by atoms with E-state index in [4.69, 9.17) is 9.84 Å². The van der Waals surface area contributed by atoms with Crippen molar-refractivity contribution in [3.8, 4) is 5.75 Å². The summed E-state index contributed by atoms with van der Waals surface area (Å²) < 4.78 is 7.73. The van der Waals surface area contributed by atoms with Gasteiger partial charge in [-0.05, 0) is 30.7 Å². The van der Waals surface area contributed by atoms with Crippen LogP contribution in [0.3, 0.4) is 0 Å². The zero-order chi connectivity index (χ0) is 14.0. The lowest BCUT2D eigenvalue weighted by atomic mass is 10.2. The number of aromatic carboxylic acids is 1. The van der Waals surface area contributed by atoms with Gasteiger partial charge in [0.2, 0.25) is 0 Å². The predicted molar refractivity (Wildman–Crippen MR) is 73.7 cm³/mol. The van der Waals surface area contributed by atoms with Crippen LogP contribution in [0, 0.1) is 6.92 Å². The maximum Gasteiger partial charge on any atom is 0.354 e. The van der Waals surface area contributed by atoms with Gasteiger partial charge in [0, 0.05) is 4.47 Å². The Hall–Kier alpha value is -1.82. The highest BCUT2D eigenvalue weighted by Gasteiger charge is 2.14. The van der Waals surface area contributed by atoms with Gasteiger partial charge in [-0.25, -0.2) is 9.78 Å². The topological polar surface area (TPSA) is 64.3 Å². The van der Waals surface area contributed by atoms with Crippen molar-refractivity contribution in [2.24, 2.45) is 0 Å². The van der Waals surface area contributed by atoms with Crippen molar-refractivity contribution in [2.75, 3.05) is 7.11 Å². The molecule has 6 heteroatoms. The fourth-order valence-electron chi connectivity index (χ4n) is 1.81. The summed E-state index contributed by atoms with van der Waals surface area (Å²) in [6.07, 6.45) is 1.37. The molecule has 0 amide bonds. The number of halogens is 1. The van der Waals surface area contributed by atoms with E-state index in [9.17, 15) is 4.79 Å². The number of benzene rings is 1. The van der Waals surface area contributed by atoms with Crippen molar-refractivity contribution in [3.05, 3.63) is 46.0 Å². The van der Waals surface area contributed by atoms with Crippen LogP contribution >= 0.6 is 15.9 Å². The number of aryl methyl sites for hydroxylation is 1. The van der Waals surface area contributed by atoms with E-state index in [1.54, 1.807) is 18.6 Å². The molecule has 0 fully saturated rings. The fourth-order valence-corrected chi connectivity index (χ4v) is 2.18. The molecule has 0 aliphatic carbocycles. The number of carbonyl (C=O) groups is 1. The molecule has 0 radical (unpaired) electrons. The van der Waals surface area contributed by atoms with Crippen LogP contribution in [0.15, 0.2) is 28.9 Å². The summed E-state index contributed by atoms with van der Waals surface area (Å²) in [6, 6.07) is 5.59. The number of rotatable bonds is 4. The Bertz CT molecular complexity index is 622. The van der Waals surface area contributed by atoms with Gasteiger partial charge < -0.3 is 14.4 Å². The number of carboxylic acids is 1. The summed E-state index contributed by atoms with van der Waals surface area (Å²) in [6.45, 7) is 2.20. The second-order valence-electron chi connectivity index (χ2n) is 4.04. The van der Waals surface area contributed by atoms with E-state index in [1.807, 2.05) is 18.2 Å². The summed E-state index contributed by atoms with van der Waals surface area (Å²) >= 11 is 3.45. The number of carboxylic acid groups (broad SMARTS) is 1. The third kappa shape index (κ3) is 2.78. The minimum absolute atomic E-state index is 0.173. The van der Waals surface area contributed by atoms with Crippen molar-refractivity contribution in [1.82, 2.24) is 9.55 Å². The van der Waals surface area contributed by atoms with Crippen molar-refractivity contribution < 1.29 is 14.6 Å². The molecule has 0 saturated heterocycles. The second kappa shape index (κ2) is 5.44. The maximum atomic E-state index is 11.1. The first-order chi connectivity index (χ1) is 9.02. The van der Waals surface area contributed by atoms with Gasteiger partial charge in [-0.2, -0.15) is 0 Å². The molecule has 0 atom stereocenters. The van der Waals surface area contributed by atoms with Gasteiger partial charge in [-0.3, -0.25) is 0 Å². The third-order valence-electron chi connectivity index (χ3n) is 2.86. The molecule has 1 heterocycles. The van der Waals surface area contributed by atoms with E-state index in [0.717, 1.165) is 15.8 Å². The van der Waals surface area contributed by atoms with Crippen molar-refractivity contribution in [3.63, 3.8) is 0 Å². The number of nitrogens with zero attached hydrogens (tertiary/aromatic N) is 2. The molecule has 2 aromatic rings. The summed E-state index contributed by atoms with van der Waals surface area (Å²) in [5, 5.41) is 9.13. The summed E-state index contributed by atoms with van der Waals surface area (Å²) in [5.41, 5.74) is 1.11. The Labute approximate surface area is 119 Å². The molecule has 0 aliphatic heterocycles. The SMILES string of the molecule is COc1ccc(Br)c(Cn2c(C(=O)O)cnc2C)c1. The minimum atomic E-state index is -0.986. The molecule has 19 heavy (non-hydrogen) atoms. The normalized spacial score (nSPS) is 10.5. The molecule has 5 nitrogen and oxygen atoms in total. The molecule has 1 N–H and O–H groups in total. The van der Waals surface area contributed by atoms with Gasteiger partial charge in [0.05, 0.1) is 19.9 Å². The number of imidazole rings is 1. The smallest absolute Gasteiger partial charge is 0.354 e. The number of hydrogen-bond donors (Lipinski definition) is 1. The van der Waals surface area contributed by atoms with E-state index < -0.39 is 5.97 Å². The molecule has 0 saturated carbocycles. The Morgan fingerprint density at radius 2 is 2.26 bits per heavy atom. The van der Waals surface area contributed by atoms with Crippen LogP contribution in [0.4, 0.5) is 0 Å². The highest BCUT2D eigenvalue weighted by molar-refractivity contribution is 9.10. The lowest BCUT2D eigenvalue weighted by molar-refractivity contribution is 0.0685. The molecule has 1 aromatic heterocycles. The van der Waals surface area contributed by atoms with Crippen molar-refractivity contribution in [2.45, 2.75) is 13.5 Å². The number of ether oxygens (including phenoxy) is 1. The molecule has 1 aromatic carbocycles. The predicted octanol–water partition coefficient (Wildman–Crippen LogP) is 2.71. The first-order valence-corrected chi connectivity index (χ1v) is 6.40. The standard InChI is InChI=1S/C13H13BrN2O3/c1-8-15-6-12(13(17)18)16(8)7-9-5-10(19-2)3-4-11(9)14/h3-6H,7H2,1-2H3,(H,17,18). The second-order valence-corrected chi connectivity index (χ2v) is 4.89. The zero-order valence-electron chi connectivity index (χ0n) is 10.6. The van der Waals surface area contributed by atoms with Gasteiger partial charge in [-0.15, -0.1) is 0 Å². The zero-order valence-corrected chi connectivity index (χ0v) is 12.1. The molecular weight excluding hydrogens is 312 g/mol. The van der Waals surface area contributed by atoms with Crippen LogP contribution in [-0.4, -0.2) is 27.7 Å². The average molecular weight is 325 g/mol. The Morgan fingerprint density at radius 1 is 1.53 bits per heavy atom. The van der Waals surface area contributed by atoms with Crippen LogP contribution in [0.1, 0.15) is 21.9 Å². The molecule has 0 spiro atoms. The Kier molecular flexibility index (Phi) is 3.90. The third-order valence-corrected chi connectivity index (χ3v) is 3.63. The fraction of sp³-hybridized carbons (Fsp3) is 0.231. The average Bonchev–Trinajstić information content (AvgIpc) is 2.74. The Morgan fingerprint density at radius 3 is 2.89 bits per heavy atom. The highest BCUT2D eigenvalue weighted by Crippen LogP contribution is 2.24. The largest absolute Gasteiger partial charge is 0.497 e. The van der Waals surface area contributed by atoms with E-state index in [-0.39, 0.29) is 5.69 Å². The Balaban J connectivity index is 2.41. The first kappa shape index (κ1) is 13.6. The van der Waals surface area contributed by atoms with Crippen LogP contribution in [0.5, 0.6) is 5.75 Å². The molecule has 2 rings (SSSR count). The van der Waals surface area contributed by atoms with Gasteiger partial charge >= 0.3 is 5.97 Å². The van der Waals surface area contributed by atoms with Crippen molar-refractivity contribution in [1.29, 1.82) is 0 Å². The van der Waals surface area contributed by atoms with Crippen LogP contribution in [0.2, 0.25) is 0 Å². The lowest BCUT2D eigenvalue weighted by Crippen LogP contribution is -2.11. The van der Waals surface area contributed by atoms with Gasteiger partial charge in [0.1, 0.15) is 17.3 Å². The molecule has 100 valence electrons. The monoisotopic (exact) mass is 324 g/mol. The van der Waals surface area contributed by atoms with Crippen LogP contribution < -0.4 is 4.74 Å².